The Morgan fingerprint density at radius 3 is 1.97 bits per heavy atom. The van der Waals surface area contributed by atoms with Gasteiger partial charge in [-0.1, -0.05) is 48.5 Å². The minimum atomic E-state index is -3.30. The highest BCUT2D eigenvalue weighted by molar-refractivity contribution is 7.92. The molecule has 6 heteroatoms. The van der Waals surface area contributed by atoms with Gasteiger partial charge in [0, 0.05) is 36.4 Å². The summed E-state index contributed by atoms with van der Waals surface area (Å²) in [6, 6.07) is 23.8. The van der Waals surface area contributed by atoms with Gasteiger partial charge in [0.2, 0.25) is 10.0 Å². The SMILES string of the molecule is CS(=O)(=O)Nc1ccc(-c2ccccc2CC(c2cccnc2)c2cccnc2)cc1. The first-order valence-electron chi connectivity index (χ1n) is 9.95. The van der Waals surface area contributed by atoms with Crippen LogP contribution in [0.5, 0.6) is 0 Å². The minimum Gasteiger partial charge on any atom is -0.284 e. The Labute approximate surface area is 182 Å². The number of rotatable bonds is 7. The van der Waals surface area contributed by atoms with Crippen LogP contribution >= 0.6 is 0 Å². The van der Waals surface area contributed by atoms with Gasteiger partial charge in [-0.3, -0.25) is 14.7 Å². The molecule has 0 aliphatic rings. The fourth-order valence-electron chi connectivity index (χ4n) is 3.72. The molecule has 4 aromatic rings. The molecule has 0 bridgehead atoms. The summed E-state index contributed by atoms with van der Waals surface area (Å²) >= 11 is 0. The van der Waals surface area contributed by atoms with E-state index in [2.05, 4.69) is 39.0 Å². The van der Waals surface area contributed by atoms with E-state index in [1.807, 2.05) is 48.8 Å². The van der Waals surface area contributed by atoms with E-state index in [9.17, 15) is 8.42 Å². The van der Waals surface area contributed by atoms with E-state index in [1.54, 1.807) is 24.5 Å². The number of hydrogen-bond donors (Lipinski definition) is 1. The number of nitrogens with one attached hydrogen (secondary N) is 1. The number of hydrogen-bond acceptors (Lipinski definition) is 4. The Morgan fingerprint density at radius 1 is 0.806 bits per heavy atom. The molecule has 1 N–H and O–H groups in total. The van der Waals surface area contributed by atoms with Crippen LogP contribution in [0.15, 0.2) is 97.6 Å². The fraction of sp³-hybridized carbons (Fsp3) is 0.120. The highest BCUT2D eigenvalue weighted by Crippen LogP contribution is 2.32. The number of sulfonamides is 1. The molecule has 5 nitrogen and oxygen atoms in total. The highest BCUT2D eigenvalue weighted by Gasteiger charge is 2.17. The predicted molar refractivity (Wildman–Crippen MR) is 124 cm³/mol. The Hall–Kier alpha value is -3.51. The summed E-state index contributed by atoms with van der Waals surface area (Å²) in [6.07, 6.45) is 9.32. The van der Waals surface area contributed by atoms with Crippen LogP contribution in [0.2, 0.25) is 0 Å². The standard InChI is InChI=1S/C25H23N3O2S/c1-31(29,30)28-23-12-10-19(11-13-23)24-9-3-2-6-20(24)16-25(21-7-4-14-26-17-21)22-8-5-15-27-18-22/h2-15,17-18,25,28H,16H2,1H3. The largest absolute Gasteiger partial charge is 0.284 e. The van der Waals surface area contributed by atoms with Crippen molar-refractivity contribution in [3.63, 3.8) is 0 Å². The Balaban J connectivity index is 1.69. The lowest BCUT2D eigenvalue weighted by molar-refractivity contribution is 0.607. The van der Waals surface area contributed by atoms with E-state index < -0.39 is 10.0 Å². The molecule has 31 heavy (non-hydrogen) atoms. The van der Waals surface area contributed by atoms with Crippen LogP contribution in [-0.4, -0.2) is 24.6 Å². The van der Waals surface area contributed by atoms with Crippen LogP contribution in [-0.2, 0) is 16.4 Å². The summed E-state index contributed by atoms with van der Waals surface area (Å²) in [5.74, 6) is 0.120. The lowest BCUT2D eigenvalue weighted by Crippen LogP contribution is -2.09. The van der Waals surface area contributed by atoms with Gasteiger partial charge < -0.3 is 0 Å². The van der Waals surface area contributed by atoms with Crippen molar-refractivity contribution < 1.29 is 8.42 Å². The summed E-state index contributed by atoms with van der Waals surface area (Å²) in [7, 11) is -3.30. The van der Waals surface area contributed by atoms with Crippen molar-refractivity contribution in [2.75, 3.05) is 11.0 Å². The summed E-state index contributed by atoms with van der Waals surface area (Å²) in [5, 5.41) is 0. The third kappa shape index (κ3) is 5.35. The third-order valence-corrected chi connectivity index (χ3v) is 5.72. The highest BCUT2D eigenvalue weighted by atomic mass is 32.2. The lowest BCUT2D eigenvalue weighted by atomic mass is 9.85. The molecular weight excluding hydrogens is 406 g/mol. The molecule has 2 aromatic heterocycles. The van der Waals surface area contributed by atoms with Crippen molar-refractivity contribution in [3.8, 4) is 11.1 Å². The molecule has 0 saturated heterocycles. The maximum Gasteiger partial charge on any atom is 0.229 e. The number of anilines is 1. The van der Waals surface area contributed by atoms with E-state index in [-0.39, 0.29) is 5.92 Å². The molecule has 2 heterocycles. The van der Waals surface area contributed by atoms with Gasteiger partial charge in [0.15, 0.2) is 0 Å². The van der Waals surface area contributed by atoms with Crippen LogP contribution in [0.1, 0.15) is 22.6 Å². The number of aromatic nitrogens is 2. The van der Waals surface area contributed by atoms with Crippen molar-refractivity contribution >= 4 is 15.7 Å². The summed E-state index contributed by atoms with van der Waals surface area (Å²) in [4.78, 5) is 8.63. The predicted octanol–water partition coefficient (Wildman–Crippen LogP) is 4.89. The minimum absolute atomic E-state index is 0.120. The molecule has 0 fully saturated rings. The molecule has 0 spiro atoms. The Bertz CT molecular complexity index is 1200. The van der Waals surface area contributed by atoms with Gasteiger partial charge in [0.1, 0.15) is 0 Å². The van der Waals surface area contributed by atoms with E-state index in [1.165, 1.54) is 5.56 Å². The number of pyridine rings is 2. The van der Waals surface area contributed by atoms with E-state index in [4.69, 9.17) is 0 Å². The third-order valence-electron chi connectivity index (χ3n) is 5.11. The van der Waals surface area contributed by atoms with Crippen molar-refractivity contribution in [1.29, 1.82) is 0 Å². The quantitative estimate of drug-likeness (QED) is 0.454. The molecule has 0 aliphatic carbocycles. The fourth-order valence-corrected chi connectivity index (χ4v) is 4.29. The Kier molecular flexibility index (Phi) is 6.09. The molecule has 4 rings (SSSR count). The normalized spacial score (nSPS) is 11.4. The molecule has 0 amide bonds. The molecule has 0 unspecified atom stereocenters. The molecule has 0 atom stereocenters. The van der Waals surface area contributed by atoms with Gasteiger partial charge in [-0.05, 0) is 58.5 Å². The van der Waals surface area contributed by atoms with Gasteiger partial charge in [-0.25, -0.2) is 8.42 Å². The van der Waals surface area contributed by atoms with Crippen LogP contribution in [0.4, 0.5) is 5.69 Å². The van der Waals surface area contributed by atoms with Crippen molar-refractivity contribution in [2.24, 2.45) is 0 Å². The van der Waals surface area contributed by atoms with Crippen molar-refractivity contribution in [2.45, 2.75) is 12.3 Å². The second kappa shape index (κ2) is 9.10. The Morgan fingerprint density at radius 2 is 1.42 bits per heavy atom. The van der Waals surface area contributed by atoms with Crippen LogP contribution in [0, 0.1) is 0 Å². The first kappa shape index (κ1) is 20.8. The van der Waals surface area contributed by atoms with Crippen LogP contribution < -0.4 is 4.72 Å². The zero-order chi connectivity index (χ0) is 21.7. The monoisotopic (exact) mass is 429 g/mol. The maximum absolute atomic E-state index is 11.5. The van der Waals surface area contributed by atoms with Gasteiger partial charge in [-0.15, -0.1) is 0 Å². The first-order valence-corrected chi connectivity index (χ1v) is 11.8. The van der Waals surface area contributed by atoms with E-state index in [0.29, 0.717) is 5.69 Å². The van der Waals surface area contributed by atoms with Gasteiger partial charge in [-0.2, -0.15) is 0 Å². The molecule has 0 aliphatic heterocycles. The zero-order valence-electron chi connectivity index (χ0n) is 17.1. The van der Waals surface area contributed by atoms with Gasteiger partial charge in [0.25, 0.3) is 0 Å². The molecule has 156 valence electrons. The van der Waals surface area contributed by atoms with Crippen LogP contribution in [0.25, 0.3) is 11.1 Å². The molecule has 0 saturated carbocycles. The van der Waals surface area contributed by atoms with Gasteiger partial charge in [0.05, 0.1) is 6.26 Å². The smallest absolute Gasteiger partial charge is 0.229 e. The average molecular weight is 430 g/mol. The second-order valence-electron chi connectivity index (χ2n) is 7.44. The number of benzene rings is 2. The van der Waals surface area contributed by atoms with E-state index in [0.717, 1.165) is 34.9 Å². The first-order chi connectivity index (χ1) is 15.0. The summed E-state index contributed by atoms with van der Waals surface area (Å²) in [5.41, 5.74) is 6.17. The summed E-state index contributed by atoms with van der Waals surface area (Å²) < 4.78 is 25.5. The van der Waals surface area contributed by atoms with E-state index >= 15 is 0 Å². The molecule has 0 radical (unpaired) electrons. The topological polar surface area (TPSA) is 72.0 Å². The van der Waals surface area contributed by atoms with Crippen molar-refractivity contribution in [1.82, 2.24) is 9.97 Å². The lowest BCUT2D eigenvalue weighted by Gasteiger charge is -2.20. The average Bonchev–Trinajstić information content (AvgIpc) is 2.78. The number of nitrogens with zero attached hydrogens (tertiary/aromatic N) is 2. The molecular formula is C25H23N3O2S. The summed E-state index contributed by atoms with van der Waals surface area (Å²) in [6.45, 7) is 0. The van der Waals surface area contributed by atoms with Crippen molar-refractivity contribution in [3.05, 3.63) is 114 Å². The maximum atomic E-state index is 11.5. The zero-order valence-corrected chi connectivity index (χ0v) is 18.0. The molecule has 2 aromatic carbocycles. The second-order valence-corrected chi connectivity index (χ2v) is 9.19. The van der Waals surface area contributed by atoms with Crippen LogP contribution in [0.3, 0.4) is 0 Å². The van der Waals surface area contributed by atoms with Gasteiger partial charge >= 0.3 is 0 Å².